The van der Waals surface area contributed by atoms with Crippen LogP contribution in [0.5, 0.6) is 0 Å². The molecule has 0 unspecified atom stereocenters. The van der Waals surface area contributed by atoms with E-state index >= 15 is 0 Å². The summed E-state index contributed by atoms with van der Waals surface area (Å²) in [6.07, 6.45) is 3.28. The van der Waals surface area contributed by atoms with Gasteiger partial charge in [0.1, 0.15) is 5.82 Å². The molecule has 0 saturated heterocycles. The number of hydrogen-bond acceptors (Lipinski definition) is 3. The van der Waals surface area contributed by atoms with Crippen molar-refractivity contribution in [1.29, 1.82) is 5.26 Å². The molecule has 0 bridgehead atoms. The monoisotopic (exact) mass is 241 g/mol. The average Bonchev–Trinajstić information content (AvgIpc) is 3.16. The summed E-state index contributed by atoms with van der Waals surface area (Å²) in [7, 11) is 1.71. The van der Waals surface area contributed by atoms with E-state index < -0.39 is 0 Å². The maximum absolute atomic E-state index is 8.93. The molecule has 0 spiro atoms. The quantitative estimate of drug-likeness (QED) is 0.826. The number of rotatable bonds is 4. The molecule has 0 amide bonds. The molecule has 1 aromatic heterocycles. The average molecular weight is 241 g/mol. The second-order valence-electron chi connectivity index (χ2n) is 4.69. The fourth-order valence-corrected chi connectivity index (χ4v) is 2.33. The number of fused-ring (bicyclic) bond motifs is 1. The van der Waals surface area contributed by atoms with E-state index in [2.05, 4.69) is 15.6 Å². The van der Waals surface area contributed by atoms with Crippen LogP contribution in [0.15, 0.2) is 18.2 Å². The highest BCUT2D eigenvalue weighted by Gasteiger charge is 2.27. The van der Waals surface area contributed by atoms with Gasteiger partial charge in [0.05, 0.1) is 29.3 Å². The lowest BCUT2D eigenvalue weighted by molar-refractivity contribution is 0.199. The number of methoxy groups -OCH3 is 1. The molecule has 1 aliphatic rings. The molecule has 1 heterocycles. The fraction of sp³-hybridized carbons (Fsp3) is 0.429. The largest absolute Gasteiger partial charge is 0.384 e. The van der Waals surface area contributed by atoms with Gasteiger partial charge in [-0.25, -0.2) is 4.98 Å². The van der Waals surface area contributed by atoms with Crippen LogP contribution < -0.4 is 0 Å². The van der Waals surface area contributed by atoms with Crippen molar-refractivity contribution < 1.29 is 4.74 Å². The van der Waals surface area contributed by atoms with E-state index in [-0.39, 0.29) is 0 Å². The number of hydrogen-bond donors (Lipinski definition) is 0. The smallest absolute Gasteiger partial charge is 0.112 e. The van der Waals surface area contributed by atoms with Crippen LogP contribution in [0.4, 0.5) is 0 Å². The zero-order valence-corrected chi connectivity index (χ0v) is 10.4. The van der Waals surface area contributed by atoms with Gasteiger partial charge in [-0.2, -0.15) is 5.26 Å². The summed E-state index contributed by atoms with van der Waals surface area (Å²) in [5.74, 6) is 1.07. The van der Waals surface area contributed by atoms with Crippen molar-refractivity contribution in [2.75, 3.05) is 13.7 Å². The molecule has 1 fully saturated rings. The first-order valence-electron chi connectivity index (χ1n) is 6.23. The molecule has 1 aliphatic carbocycles. The normalized spacial score (nSPS) is 14.9. The maximum Gasteiger partial charge on any atom is 0.112 e. The molecule has 2 aromatic rings. The first-order chi connectivity index (χ1) is 8.83. The third-order valence-electron chi connectivity index (χ3n) is 3.33. The molecular formula is C14H15N3O. The van der Waals surface area contributed by atoms with E-state index in [1.54, 1.807) is 7.11 Å². The molecule has 4 nitrogen and oxygen atoms in total. The minimum atomic E-state index is 0.592. The van der Waals surface area contributed by atoms with Crippen LogP contribution in [0.2, 0.25) is 0 Å². The number of aromatic nitrogens is 2. The highest BCUT2D eigenvalue weighted by Crippen LogP contribution is 2.38. The minimum absolute atomic E-state index is 0.592. The molecule has 0 N–H and O–H groups in total. The Morgan fingerprint density at radius 1 is 1.50 bits per heavy atom. The predicted molar refractivity (Wildman–Crippen MR) is 68.3 cm³/mol. The Bertz CT molecular complexity index is 620. The van der Waals surface area contributed by atoms with Gasteiger partial charge < -0.3 is 9.30 Å². The van der Waals surface area contributed by atoms with Crippen LogP contribution in [0.25, 0.3) is 11.0 Å². The number of ether oxygens (including phenoxy) is 1. The second kappa shape index (κ2) is 4.43. The first-order valence-corrected chi connectivity index (χ1v) is 6.23. The van der Waals surface area contributed by atoms with Gasteiger partial charge in [-0.3, -0.25) is 0 Å². The Kier molecular flexibility index (Phi) is 2.77. The van der Waals surface area contributed by atoms with E-state index in [0.717, 1.165) is 23.3 Å². The molecule has 0 radical (unpaired) electrons. The van der Waals surface area contributed by atoms with Gasteiger partial charge in [0.15, 0.2) is 0 Å². The Morgan fingerprint density at radius 3 is 3.00 bits per heavy atom. The Hall–Kier alpha value is -1.86. The highest BCUT2D eigenvalue weighted by molar-refractivity contribution is 5.78. The maximum atomic E-state index is 8.93. The third-order valence-corrected chi connectivity index (χ3v) is 3.33. The SMILES string of the molecule is COCCc1nc2cc(C#N)ccc2n1C1CC1. The van der Waals surface area contributed by atoms with Gasteiger partial charge in [-0.1, -0.05) is 0 Å². The van der Waals surface area contributed by atoms with E-state index in [1.807, 2.05) is 18.2 Å². The zero-order chi connectivity index (χ0) is 12.5. The molecule has 1 saturated carbocycles. The van der Waals surface area contributed by atoms with Gasteiger partial charge in [0, 0.05) is 19.6 Å². The van der Waals surface area contributed by atoms with Crippen LogP contribution in [0, 0.1) is 11.3 Å². The molecule has 0 atom stereocenters. The Morgan fingerprint density at radius 2 is 2.33 bits per heavy atom. The lowest BCUT2D eigenvalue weighted by Crippen LogP contribution is -2.05. The van der Waals surface area contributed by atoms with Gasteiger partial charge >= 0.3 is 0 Å². The summed E-state index contributed by atoms with van der Waals surface area (Å²) in [6.45, 7) is 0.682. The Balaban J connectivity index is 2.10. The summed E-state index contributed by atoms with van der Waals surface area (Å²) in [4.78, 5) is 4.65. The molecule has 3 rings (SSSR count). The fourth-order valence-electron chi connectivity index (χ4n) is 2.33. The predicted octanol–water partition coefficient (Wildman–Crippen LogP) is 2.43. The van der Waals surface area contributed by atoms with Crippen molar-refractivity contribution in [2.45, 2.75) is 25.3 Å². The molecule has 4 heteroatoms. The van der Waals surface area contributed by atoms with Crippen molar-refractivity contribution >= 4 is 11.0 Å². The van der Waals surface area contributed by atoms with Gasteiger partial charge in [0.2, 0.25) is 0 Å². The standard InChI is InChI=1S/C14H15N3O/c1-18-7-6-14-16-12-8-10(9-15)2-5-13(12)17(14)11-3-4-11/h2,5,8,11H,3-4,6-7H2,1H3. The van der Waals surface area contributed by atoms with Crippen molar-refractivity contribution in [3.05, 3.63) is 29.6 Å². The van der Waals surface area contributed by atoms with Crippen molar-refractivity contribution in [2.24, 2.45) is 0 Å². The van der Waals surface area contributed by atoms with Gasteiger partial charge in [-0.15, -0.1) is 0 Å². The molecule has 18 heavy (non-hydrogen) atoms. The summed E-state index contributed by atoms with van der Waals surface area (Å²) in [6, 6.07) is 8.49. The number of nitrogens with zero attached hydrogens (tertiary/aromatic N) is 3. The van der Waals surface area contributed by atoms with Gasteiger partial charge in [0.25, 0.3) is 0 Å². The highest BCUT2D eigenvalue weighted by atomic mass is 16.5. The lowest BCUT2D eigenvalue weighted by atomic mass is 10.2. The van der Waals surface area contributed by atoms with Gasteiger partial charge in [-0.05, 0) is 31.0 Å². The van der Waals surface area contributed by atoms with Crippen LogP contribution in [-0.4, -0.2) is 23.3 Å². The van der Waals surface area contributed by atoms with E-state index in [9.17, 15) is 0 Å². The van der Waals surface area contributed by atoms with E-state index in [0.29, 0.717) is 18.2 Å². The second-order valence-corrected chi connectivity index (χ2v) is 4.69. The summed E-state index contributed by atoms with van der Waals surface area (Å²) in [5.41, 5.74) is 2.73. The van der Waals surface area contributed by atoms with E-state index in [1.165, 1.54) is 12.8 Å². The summed E-state index contributed by atoms with van der Waals surface area (Å²) in [5, 5.41) is 8.93. The van der Waals surface area contributed by atoms with Crippen molar-refractivity contribution in [3.63, 3.8) is 0 Å². The van der Waals surface area contributed by atoms with Crippen molar-refractivity contribution in [3.8, 4) is 6.07 Å². The minimum Gasteiger partial charge on any atom is -0.384 e. The summed E-state index contributed by atoms with van der Waals surface area (Å²) < 4.78 is 7.45. The summed E-state index contributed by atoms with van der Waals surface area (Å²) >= 11 is 0. The van der Waals surface area contributed by atoms with Crippen LogP contribution >= 0.6 is 0 Å². The Labute approximate surface area is 106 Å². The van der Waals surface area contributed by atoms with Crippen molar-refractivity contribution in [1.82, 2.24) is 9.55 Å². The van der Waals surface area contributed by atoms with Crippen LogP contribution in [0.3, 0.4) is 0 Å². The molecular weight excluding hydrogens is 226 g/mol. The topological polar surface area (TPSA) is 50.8 Å². The van der Waals surface area contributed by atoms with Crippen LogP contribution in [-0.2, 0) is 11.2 Å². The third kappa shape index (κ3) is 1.87. The number of nitriles is 1. The van der Waals surface area contributed by atoms with E-state index in [4.69, 9.17) is 10.00 Å². The molecule has 0 aliphatic heterocycles. The first kappa shape index (κ1) is 11.2. The number of benzene rings is 1. The number of imidazole rings is 1. The molecule has 92 valence electrons. The van der Waals surface area contributed by atoms with Crippen LogP contribution in [0.1, 0.15) is 30.3 Å². The molecule has 1 aromatic carbocycles. The zero-order valence-electron chi connectivity index (χ0n) is 10.4. The lowest BCUT2D eigenvalue weighted by Gasteiger charge is -2.06.